The Morgan fingerprint density at radius 3 is 2.29 bits per heavy atom. The second-order valence-corrected chi connectivity index (χ2v) is 4.01. The zero-order chi connectivity index (χ0) is 10.9. The average Bonchev–Trinajstić information content (AvgIpc) is 1.97. The van der Waals surface area contributed by atoms with E-state index in [9.17, 15) is 8.42 Å². The van der Waals surface area contributed by atoms with E-state index in [1.165, 1.54) is 6.07 Å². The van der Waals surface area contributed by atoms with Crippen molar-refractivity contribution in [2.24, 2.45) is 0 Å². The highest BCUT2D eigenvalue weighted by atomic mass is 32.3. The Hall–Kier alpha value is -1.27. The second kappa shape index (κ2) is 3.47. The fraction of sp³-hybridized carbons (Fsp3) is 0.250. The molecule has 3 N–H and O–H groups in total. The minimum Gasteiger partial charge on any atom is -0.396 e. The number of hydrogen-bond acceptors (Lipinski definition) is 4. The summed E-state index contributed by atoms with van der Waals surface area (Å²) in [4.78, 5) is 0. The van der Waals surface area contributed by atoms with E-state index in [-0.39, 0.29) is 11.4 Å². The number of benzene rings is 1. The zero-order valence-electron chi connectivity index (χ0n) is 7.81. The van der Waals surface area contributed by atoms with Gasteiger partial charge in [-0.25, -0.2) is 0 Å². The molecule has 1 rings (SSSR count). The minimum atomic E-state index is -4.51. The fourth-order valence-electron chi connectivity index (χ4n) is 0.998. The Morgan fingerprint density at radius 1 is 1.29 bits per heavy atom. The summed E-state index contributed by atoms with van der Waals surface area (Å²) in [7, 11) is -4.51. The van der Waals surface area contributed by atoms with Crippen molar-refractivity contribution in [2.45, 2.75) is 13.8 Å². The third-order valence-electron chi connectivity index (χ3n) is 1.82. The fourth-order valence-corrected chi connectivity index (χ4v) is 1.37. The molecule has 0 aliphatic carbocycles. The molecule has 1 aromatic carbocycles. The van der Waals surface area contributed by atoms with Crippen LogP contribution in [0.25, 0.3) is 0 Å². The molecule has 0 saturated carbocycles. The topological polar surface area (TPSA) is 89.6 Å². The Morgan fingerprint density at radius 2 is 1.79 bits per heavy atom. The van der Waals surface area contributed by atoms with Crippen molar-refractivity contribution in [1.29, 1.82) is 0 Å². The molecule has 0 unspecified atom stereocenters. The molecule has 0 bridgehead atoms. The first-order valence-corrected chi connectivity index (χ1v) is 5.20. The molecular formula is C8H11NO4S. The molecule has 0 amide bonds. The van der Waals surface area contributed by atoms with E-state index in [0.717, 1.165) is 11.1 Å². The number of nitrogens with two attached hydrogens (primary N) is 1. The largest absolute Gasteiger partial charge is 0.446 e. The maximum atomic E-state index is 10.4. The standard InChI is InChI=1S/C8H11NO4S/c1-5-3-7(9)8(4-6(5)2)13-14(10,11)12/h3-4H,9H2,1-2H3,(H,10,11,12). The third kappa shape index (κ3) is 2.61. The van der Waals surface area contributed by atoms with E-state index in [1.54, 1.807) is 13.0 Å². The second-order valence-electron chi connectivity index (χ2n) is 2.99. The van der Waals surface area contributed by atoms with E-state index >= 15 is 0 Å². The van der Waals surface area contributed by atoms with Gasteiger partial charge in [0.25, 0.3) is 0 Å². The highest BCUT2D eigenvalue weighted by molar-refractivity contribution is 7.81. The van der Waals surface area contributed by atoms with Gasteiger partial charge in [-0.15, -0.1) is 0 Å². The van der Waals surface area contributed by atoms with Crippen molar-refractivity contribution < 1.29 is 17.2 Å². The molecule has 0 aliphatic heterocycles. The van der Waals surface area contributed by atoms with Gasteiger partial charge in [0.05, 0.1) is 5.69 Å². The SMILES string of the molecule is Cc1cc(N)c(OS(=O)(=O)O)cc1C. The molecule has 0 aromatic heterocycles. The van der Waals surface area contributed by atoms with E-state index in [0.29, 0.717) is 0 Å². The first kappa shape index (κ1) is 10.8. The average molecular weight is 217 g/mol. The van der Waals surface area contributed by atoms with Gasteiger partial charge in [-0.3, -0.25) is 4.55 Å². The molecule has 5 nitrogen and oxygen atoms in total. The summed E-state index contributed by atoms with van der Waals surface area (Å²) in [6, 6.07) is 3.04. The van der Waals surface area contributed by atoms with Crippen LogP contribution in [-0.4, -0.2) is 13.0 Å². The maximum absolute atomic E-state index is 10.4. The zero-order valence-corrected chi connectivity index (χ0v) is 8.63. The van der Waals surface area contributed by atoms with Gasteiger partial charge in [-0.1, -0.05) is 0 Å². The monoisotopic (exact) mass is 217 g/mol. The molecule has 14 heavy (non-hydrogen) atoms. The van der Waals surface area contributed by atoms with E-state index in [2.05, 4.69) is 4.18 Å². The summed E-state index contributed by atoms with van der Waals surface area (Å²) in [5.74, 6) is -0.0596. The van der Waals surface area contributed by atoms with Crippen LogP contribution in [0.3, 0.4) is 0 Å². The molecule has 0 radical (unpaired) electrons. The summed E-state index contributed by atoms with van der Waals surface area (Å²) >= 11 is 0. The summed E-state index contributed by atoms with van der Waals surface area (Å²) in [5.41, 5.74) is 7.42. The number of nitrogen functional groups attached to an aromatic ring is 1. The predicted molar refractivity (Wildman–Crippen MR) is 52.5 cm³/mol. The number of aryl methyl sites for hydroxylation is 2. The van der Waals surface area contributed by atoms with Gasteiger partial charge in [0.15, 0.2) is 5.75 Å². The Labute approximate surface area is 82.5 Å². The summed E-state index contributed by atoms with van der Waals surface area (Å²) < 4.78 is 33.6. The number of anilines is 1. The van der Waals surface area contributed by atoms with Gasteiger partial charge in [-0.05, 0) is 37.1 Å². The van der Waals surface area contributed by atoms with Crippen LogP contribution in [0, 0.1) is 13.8 Å². The van der Waals surface area contributed by atoms with Crippen LogP contribution in [-0.2, 0) is 10.4 Å². The molecule has 0 saturated heterocycles. The van der Waals surface area contributed by atoms with Gasteiger partial charge in [0, 0.05) is 0 Å². The van der Waals surface area contributed by atoms with Gasteiger partial charge in [-0.2, -0.15) is 8.42 Å². The molecule has 78 valence electrons. The van der Waals surface area contributed by atoms with Crippen LogP contribution >= 0.6 is 0 Å². The smallest absolute Gasteiger partial charge is 0.396 e. The Balaban J connectivity index is 3.17. The highest BCUT2D eigenvalue weighted by Crippen LogP contribution is 2.26. The van der Waals surface area contributed by atoms with Crippen LogP contribution in [0.1, 0.15) is 11.1 Å². The predicted octanol–water partition coefficient (Wildman–Crippen LogP) is 1.07. The van der Waals surface area contributed by atoms with Crippen LogP contribution in [0.5, 0.6) is 5.75 Å². The van der Waals surface area contributed by atoms with Crippen LogP contribution in [0.15, 0.2) is 12.1 Å². The molecule has 6 heteroatoms. The Kier molecular flexibility index (Phi) is 2.68. The van der Waals surface area contributed by atoms with Crippen molar-refractivity contribution in [3.8, 4) is 5.75 Å². The van der Waals surface area contributed by atoms with Gasteiger partial charge in [0.1, 0.15) is 0 Å². The normalized spacial score (nSPS) is 11.4. The lowest BCUT2D eigenvalue weighted by atomic mass is 10.1. The van der Waals surface area contributed by atoms with Crippen LogP contribution in [0.4, 0.5) is 5.69 Å². The molecular weight excluding hydrogens is 206 g/mol. The van der Waals surface area contributed by atoms with Crippen molar-refractivity contribution in [3.05, 3.63) is 23.3 Å². The van der Waals surface area contributed by atoms with Crippen LogP contribution in [0.2, 0.25) is 0 Å². The molecule has 0 aliphatic rings. The lowest BCUT2D eigenvalue weighted by Crippen LogP contribution is -2.08. The van der Waals surface area contributed by atoms with Crippen molar-refractivity contribution >= 4 is 16.1 Å². The quantitative estimate of drug-likeness (QED) is 0.571. The molecule has 0 heterocycles. The summed E-state index contributed by atoms with van der Waals surface area (Å²) in [6.45, 7) is 3.62. The van der Waals surface area contributed by atoms with Gasteiger partial charge < -0.3 is 9.92 Å². The molecule has 0 atom stereocenters. The Bertz CT molecular complexity index is 453. The maximum Gasteiger partial charge on any atom is 0.446 e. The lowest BCUT2D eigenvalue weighted by Gasteiger charge is -2.08. The van der Waals surface area contributed by atoms with Crippen LogP contribution < -0.4 is 9.92 Å². The van der Waals surface area contributed by atoms with Gasteiger partial charge in [0.2, 0.25) is 0 Å². The third-order valence-corrected chi connectivity index (χ3v) is 2.21. The summed E-state index contributed by atoms with van der Waals surface area (Å²) in [5, 5.41) is 0. The van der Waals surface area contributed by atoms with Gasteiger partial charge >= 0.3 is 10.4 Å². The molecule has 0 fully saturated rings. The van der Waals surface area contributed by atoms with Crippen molar-refractivity contribution in [1.82, 2.24) is 0 Å². The number of hydrogen-bond donors (Lipinski definition) is 2. The first-order valence-electron chi connectivity index (χ1n) is 3.83. The van der Waals surface area contributed by atoms with E-state index < -0.39 is 10.4 Å². The minimum absolute atomic E-state index is 0.0596. The van der Waals surface area contributed by atoms with E-state index in [4.69, 9.17) is 10.3 Å². The summed E-state index contributed by atoms with van der Waals surface area (Å²) in [6.07, 6.45) is 0. The molecule has 0 spiro atoms. The molecule has 1 aromatic rings. The first-order chi connectivity index (χ1) is 6.29. The van der Waals surface area contributed by atoms with Crippen molar-refractivity contribution in [2.75, 3.05) is 5.73 Å². The van der Waals surface area contributed by atoms with Crippen molar-refractivity contribution in [3.63, 3.8) is 0 Å². The highest BCUT2D eigenvalue weighted by Gasteiger charge is 2.11. The lowest BCUT2D eigenvalue weighted by molar-refractivity contribution is 0.387. The van der Waals surface area contributed by atoms with E-state index in [1.807, 2.05) is 6.92 Å². The number of rotatable bonds is 2.